The van der Waals surface area contributed by atoms with Gasteiger partial charge in [0.1, 0.15) is 4.99 Å². The predicted octanol–water partition coefficient (Wildman–Crippen LogP) is 4.09. The number of hydrogen-bond donors (Lipinski definition) is 2. The first-order chi connectivity index (χ1) is 9.11. The van der Waals surface area contributed by atoms with Gasteiger partial charge in [0.2, 0.25) is 5.91 Å². The van der Waals surface area contributed by atoms with Crippen LogP contribution < -0.4 is 11.1 Å². The lowest BCUT2D eigenvalue weighted by molar-refractivity contribution is -0.117. The molecular weight excluding hydrogens is 336 g/mol. The first-order valence-corrected chi connectivity index (χ1v) is 7.70. The van der Waals surface area contributed by atoms with Gasteiger partial charge >= 0.3 is 0 Å². The van der Waals surface area contributed by atoms with Crippen molar-refractivity contribution in [2.75, 3.05) is 5.32 Å². The Morgan fingerprint density at radius 1 is 1.45 bits per heavy atom. The van der Waals surface area contributed by atoms with E-state index in [0.717, 1.165) is 4.47 Å². The van der Waals surface area contributed by atoms with Crippen LogP contribution in [0.25, 0.3) is 0 Å². The molecule has 0 aliphatic carbocycles. The summed E-state index contributed by atoms with van der Waals surface area (Å²) in [7, 11) is 0. The number of carbonyl (C=O) groups is 1. The van der Waals surface area contributed by atoms with E-state index in [2.05, 4.69) is 48.9 Å². The molecule has 1 atom stereocenters. The van der Waals surface area contributed by atoms with Crippen molar-refractivity contribution in [1.29, 1.82) is 0 Å². The average molecular weight is 357 g/mol. The van der Waals surface area contributed by atoms with Gasteiger partial charge in [0.15, 0.2) is 0 Å². The van der Waals surface area contributed by atoms with E-state index in [-0.39, 0.29) is 22.2 Å². The Kier molecular flexibility index (Phi) is 5.71. The van der Waals surface area contributed by atoms with Gasteiger partial charge < -0.3 is 11.1 Å². The van der Waals surface area contributed by atoms with E-state index in [1.807, 2.05) is 12.1 Å². The molecule has 0 saturated heterocycles. The van der Waals surface area contributed by atoms with Crippen molar-refractivity contribution in [1.82, 2.24) is 0 Å². The lowest BCUT2D eigenvalue weighted by Gasteiger charge is -2.26. The summed E-state index contributed by atoms with van der Waals surface area (Å²) in [6.07, 6.45) is 0.465. The Morgan fingerprint density at radius 2 is 2.05 bits per heavy atom. The molecule has 0 heterocycles. The van der Waals surface area contributed by atoms with Gasteiger partial charge in [0.25, 0.3) is 0 Å². The van der Waals surface area contributed by atoms with E-state index >= 15 is 0 Å². The van der Waals surface area contributed by atoms with Crippen LogP contribution in [0.3, 0.4) is 0 Å². The summed E-state index contributed by atoms with van der Waals surface area (Å²) in [4.78, 5) is 12.4. The second-order valence-corrected chi connectivity index (χ2v) is 7.43. The summed E-state index contributed by atoms with van der Waals surface area (Å²) in [6, 6.07) is 5.46. The van der Waals surface area contributed by atoms with E-state index in [1.165, 1.54) is 0 Å². The summed E-state index contributed by atoms with van der Waals surface area (Å²) in [5.41, 5.74) is 7.10. The molecule has 0 spiro atoms. The number of halogens is 1. The molecule has 0 fully saturated rings. The summed E-state index contributed by atoms with van der Waals surface area (Å²) in [5, 5.41) is 2.90. The molecule has 0 bridgehead atoms. The van der Waals surface area contributed by atoms with Gasteiger partial charge in [-0.05, 0) is 29.5 Å². The monoisotopic (exact) mass is 356 g/mol. The zero-order valence-corrected chi connectivity index (χ0v) is 14.7. The number of thiocarbonyl (C=S) groups is 1. The predicted molar refractivity (Wildman–Crippen MR) is 91.9 cm³/mol. The molecule has 1 aromatic rings. The first kappa shape index (κ1) is 17.1. The van der Waals surface area contributed by atoms with Crippen molar-refractivity contribution in [2.24, 2.45) is 17.1 Å². The zero-order valence-electron chi connectivity index (χ0n) is 12.3. The number of nitrogens with two attached hydrogens (primary N) is 1. The third kappa shape index (κ3) is 4.87. The molecule has 0 saturated carbocycles. The Balaban J connectivity index is 2.86. The molecule has 1 aromatic carbocycles. The van der Waals surface area contributed by atoms with Crippen LogP contribution in [0.5, 0.6) is 0 Å². The third-order valence-corrected chi connectivity index (χ3v) is 4.20. The van der Waals surface area contributed by atoms with E-state index < -0.39 is 0 Å². The van der Waals surface area contributed by atoms with Gasteiger partial charge in [-0.15, -0.1) is 0 Å². The lowest BCUT2D eigenvalue weighted by Crippen LogP contribution is -2.25. The molecule has 1 unspecified atom stereocenters. The van der Waals surface area contributed by atoms with Gasteiger partial charge in [0, 0.05) is 16.5 Å². The average Bonchev–Trinajstić information content (AvgIpc) is 2.26. The second-order valence-electron chi connectivity index (χ2n) is 6.07. The van der Waals surface area contributed by atoms with Crippen LogP contribution in [0.15, 0.2) is 22.7 Å². The Labute approximate surface area is 134 Å². The molecular formula is C15H21BrN2OS. The standard InChI is InChI=1S/C15H21BrN2OS/c1-9(15(2,3)4)7-13(19)18-12-8-10(16)5-6-11(12)14(17)20/h5-6,8-9H,7H2,1-4H3,(H2,17,20)(H,18,19). The zero-order chi connectivity index (χ0) is 15.5. The van der Waals surface area contributed by atoms with Gasteiger partial charge in [-0.3, -0.25) is 4.79 Å². The maximum absolute atomic E-state index is 12.1. The molecule has 0 aliphatic rings. The third-order valence-electron chi connectivity index (χ3n) is 3.49. The molecule has 0 aromatic heterocycles. The van der Waals surface area contributed by atoms with Crippen molar-refractivity contribution in [3.05, 3.63) is 28.2 Å². The minimum absolute atomic E-state index is 0.0250. The smallest absolute Gasteiger partial charge is 0.224 e. The molecule has 20 heavy (non-hydrogen) atoms. The Hall–Kier alpha value is -0.940. The normalized spacial score (nSPS) is 12.8. The first-order valence-electron chi connectivity index (χ1n) is 6.50. The number of rotatable bonds is 4. The highest BCUT2D eigenvalue weighted by atomic mass is 79.9. The van der Waals surface area contributed by atoms with Crippen molar-refractivity contribution in [2.45, 2.75) is 34.1 Å². The van der Waals surface area contributed by atoms with E-state index in [4.69, 9.17) is 18.0 Å². The number of amides is 1. The quantitative estimate of drug-likeness (QED) is 0.798. The van der Waals surface area contributed by atoms with E-state index in [1.54, 1.807) is 6.07 Å². The molecule has 3 N–H and O–H groups in total. The molecule has 1 amide bonds. The largest absolute Gasteiger partial charge is 0.389 e. The molecule has 0 radical (unpaired) electrons. The summed E-state index contributed by atoms with van der Waals surface area (Å²) < 4.78 is 0.872. The lowest BCUT2D eigenvalue weighted by atomic mass is 9.80. The fraction of sp³-hybridized carbons (Fsp3) is 0.467. The highest BCUT2D eigenvalue weighted by Crippen LogP contribution is 2.29. The minimum atomic E-state index is -0.0250. The van der Waals surface area contributed by atoms with Crippen LogP contribution in [0.1, 0.15) is 39.7 Å². The van der Waals surface area contributed by atoms with Gasteiger partial charge in [-0.2, -0.15) is 0 Å². The summed E-state index contributed by atoms with van der Waals surface area (Å²) in [6.45, 7) is 8.47. The van der Waals surface area contributed by atoms with Crippen molar-refractivity contribution in [3.63, 3.8) is 0 Å². The van der Waals surface area contributed by atoms with Gasteiger partial charge in [-0.1, -0.05) is 55.8 Å². The second kappa shape index (κ2) is 6.68. The Morgan fingerprint density at radius 3 is 2.55 bits per heavy atom. The maximum Gasteiger partial charge on any atom is 0.224 e. The minimum Gasteiger partial charge on any atom is -0.389 e. The number of anilines is 1. The highest BCUT2D eigenvalue weighted by molar-refractivity contribution is 9.10. The summed E-state index contributed by atoms with van der Waals surface area (Å²) in [5.74, 6) is 0.256. The topological polar surface area (TPSA) is 55.1 Å². The number of nitrogens with one attached hydrogen (secondary N) is 1. The molecule has 5 heteroatoms. The molecule has 3 nitrogen and oxygen atoms in total. The van der Waals surface area contributed by atoms with E-state index in [9.17, 15) is 4.79 Å². The summed E-state index contributed by atoms with van der Waals surface area (Å²) >= 11 is 8.39. The van der Waals surface area contributed by atoms with Crippen LogP contribution in [0, 0.1) is 11.3 Å². The van der Waals surface area contributed by atoms with Gasteiger partial charge in [0.05, 0.1) is 5.69 Å². The fourth-order valence-corrected chi connectivity index (χ4v) is 2.16. The van der Waals surface area contributed by atoms with Crippen molar-refractivity contribution < 1.29 is 4.79 Å². The SMILES string of the molecule is CC(CC(=O)Nc1cc(Br)ccc1C(N)=S)C(C)(C)C. The molecule has 0 aliphatic heterocycles. The Bertz CT molecular complexity index is 523. The van der Waals surface area contributed by atoms with Crippen LogP contribution in [-0.4, -0.2) is 10.9 Å². The number of carbonyl (C=O) groups excluding carboxylic acids is 1. The molecule has 1 rings (SSSR count). The maximum atomic E-state index is 12.1. The van der Waals surface area contributed by atoms with Crippen LogP contribution >= 0.6 is 28.1 Å². The fourth-order valence-electron chi connectivity index (χ4n) is 1.62. The van der Waals surface area contributed by atoms with Crippen LogP contribution in [0.2, 0.25) is 0 Å². The number of hydrogen-bond acceptors (Lipinski definition) is 2. The van der Waals surface area contributed by atoms with E-state index in [0.29, 0.717) is 17.7 Å². The van der Waals surface area contributed by atoms with Crippen LogP contribution in [-0.2, 0) is 4.79 Å². The molecule has 110 valence electrons. The van der Waals surface area contributed by atoms with Crippen molar-refractivity contribution >= 4 is 44.7 Å². The highest BCUT2D eigenvalue weighted by Gasteiger charge is 2.23. The van der Waals surface area contributed by atoms with Crippen molar-refractivity contribution in [3.8, 4) is 0 Å². The van der Waals surface area contributed by atoms with Crippen LogP contribution in [0.4, 0.5) is 5.69 Å². The number of benzene rings is 1. The van der Waals surface area contributed by atoms with Gasteiger partial charge in [-0.25, -0.2) is 0 Å².